The highest BCUT2D eigenvalue weighted by atomic mass is 32.2. The highest BCUT2D eigenvalue weighted by Crippen LogP contribution is 2.32. The number of para-hydroxylation sites is 1. The van der Waals surface area contributed by atoms with Crippen LogP contribution >= 0.6 is 11.8 Å². The van der Waals surface area contributed by atoms with Crippen LogP contribution in [0.2, 0.25) is 0 Å². The molecule has 0 N–H and O–H groups in total. The largest absolute Gasteiger partial charge is 0.493 e. The van der Waals surface area contributed by atoms with Gasteiger partial charge in [-0.3, -0.25) is 4.79 Å². The van der Waals surface area contributed by atoms with Crippen LogP contribution in [0, 0.1) is 6.92 Å². The molecule has 5 rings (SSSR count). The monoisotopic (exact) mass is 487 g/mol. The quantitative estimate of drug-likeness (QED) is 0.243. The number of nitrogens with zero attached hydrogens (tertiary/aromatic N) is 5. The van der Waals surface area contributed by atoms with Crippen LogP contribution in [-0.4, -0.2) is 38.9 Å². The highest BCUT2D eigenvalue weighted by molar-refractivity contribution is 7.98. The van der Waals surface area contributed by atoms with Crippen LogP contribution < -0.4 is 15.0 Å². The lowest BCUT2D eigenvalue weighted by Gasteiger charge is -2.12. The fourth-order valence-electron chi connectivity index (χ4n) is 3.54. The molecular weight excluding hydrogens is 466 g/mol. The van der Waals surface area contributed by atoms with E-state index in [1.165, 1.54) is 16.3 Å². The SMILES string of the molecule is COc1ccc(-c2noc(CSc3nc4ccccc4c(=O)n3-c3ccc(C)cn3)n2)cc1OC. The second kappa shape index (κ2) is 9.59. The molecule has 0 amide bonds. The Bertz CT molecular complexity index is 1560. The van der Waals surface area contributed by atoms with Gasteiger partial charge in [-0.15, -0.1) is 0 Å². The maximum Gasteiger partial charge on any atom is 0.267 e. The van der Waals surface area contributed by atoms with Gasteiger partial charge in [0.2, 0.25) is 11.7 Å². The molecule has 9 nitrogen and oxygen atoms in total. The van der Waals surface area contributed by atoms with Gasteiger partial charge < -0.3 is 14.0 Å². The third-order valence-electron chi connectivity index (χ3n) is 5.30. The Balaban J connectivity index is 1.47. The first-order chi connectivity index (χ1) is 17.1. The van der Waals surface area contributed by atoms with E-state index in [1.807, 2.05) is 37.3 Å². The number of methoxy groups -OCH3 is 2. The number of ether oxygens (including phenoxy) is 2. The van der Waals surface area contributed by atoms with Gasteiger partial charge in [0, 0.05) is 11.8 Å². The summed E-state index contributed by atoms with van der Waals surface area (Å²) >= 11 is 1.32. The number of aryl methyl sites for hydroxylation is 1. The van der Waals surface area contributed by atoms with Crippen LogP contribution in [-0.2, 0) is 5.75 Å². The van der Waals surface area contributed by atoms with Crippen molar-refractivity contribution in [3.05, 3.63) is 82.6 Å². The van der Waals surface area contributed by atoms with E-state index in [2.05, 4.69) is 15.1 Å². The molecule has 10 heteroatoms. The molecule has 0 aliphatic heterocycles. The van der Waals surface area contributed by atoms with Gasteiger partial charge >= 0.3 is 0 Å². The summed E-state index contributed by atoms with van der Waals surface area (Å²) in [4.78, 5) is 27.0. The molecule has 0 unspecified atom stereocenters. The summed E-state index contributed by atoms with van der Waals surface area (Å²) in [6, 6.07) is 16.4. The predicted molar refractivity (Wildman–Crippen MR) is 132 cm³/mol. The number of hydrogen-bond acceptors (Lipinski definition) is 9. The molecule has 0 saturated heterocycles. The average molecular weight is 488 g/mol. The topological polar surface area (TPSA) is 105 Å². The van der Waals surface area contributed by atoms with Crippen molar-refractivity contribution in [1.82, 2.24) is 24.7 Å². The average Bonchev–Trinajstić information content (AvgIpc) is 3.37. The fourth-order valence-corrected chi connectivity index (χ4v) is 4.37. The van der Waals surface area contributed by atoms with Gasteiger partial charge in [-0.1, -0.05) is 35.1 Å². The molecular formula is C25H21N5O4S. The summed E-state index contributed by atoms with van der Waals surface area (Å²) in [7, 11) is 3.15. The van der Waals surface area contributed by atoms with E-state index >= 15 is 0 Å². The van der Waals surface area contributed by atoms with Crippen molar-refractivity contribution in [3.8, 4) is 28.7 Å². The minimum Gasteiger partial charge on any atom is -0.493 e. The van der Waals surface area contributed by atoms with Gasteiger partial charge in [-0.2, -0.15) is 4.98 Å². The van der Waals surface area contributed by atoms with Crippen LogP contribution in [0.5, 0.6) is 11.5 Å². The first kappa shape index (κ1) is 22.6. The minimum atomic E-state index is -0.189. The smallest absolute Gasteiger partial charge is 0.267 e. The normalized spacial score (nSPS) is 11.1. The number of thioether (sulfide) groups is 1. The molecule has 5 aromatic rings. The molecule has 3 heterocycles. The molecule has 0 aliphatic carbocycles. The van der Waals surface area contributed by atoms with Crippen molar-refractivity contribution in [3.63, 3.8) is 0 Å². The minimum absolute atomic E-state index is 0.189. The summed E-state index contributed by atoms with van der Waals surface area (Å²) in [5.41, 5.74) is 2.15. The zero-order valence-corrected chi connectivity index (χ0v) is 20.1. The number of hydrogen-bond donors (Lipinski definition) is 0. The Kier molecular flexibility index (Phi) is 6.19. The maximum absolute atomic E-state index is 13.3. The van der Waals surface area contributed by atoms with Crippen LogP contribution in [0.25, 0.3) is 28.1 Å². The van der Waals surface area contributed by atoms with E-state index in [0.717, 1.165) is 11.1 Å². The van der Waals surface area contributed by atoms with Gasteiger partial charge in [0.25, 0.3) is 5.56 Å². The Hall–Kier alpha value is -4.18. The zero-order valence-electron chi connectivity index (χ0n) is 19.3. The molecule has 0 radical (unpaired) electrons. The maximum atomic E-state index is 13.3. The van der Waals surface area contributed by atoms with E-state index < -0.39 is 0 Å². The van der Waals surface area contributed by atoms with Crippen molar-refractivity contribution in [2.24, 2.45) is 0 Å². The van der Waals surface area contributed by atoms with E-state index in [-0.39, 0.29) is 5.56 Å². The summed E-state index contributed by atoms with van der Waals surface area (Å²) in [6.07, 6.45) is 1.72. The van der Waals surface area contributed by atoms with E-state index in [4.69, 9.17) is 19.0 Å². The molecule has 3 aromatic heterocycles. The Morgan fingerprint density at radius 3 is 2.60 bits per heavy atom. The predicted octanol–water partition coefficient (Wildman–Crippen LogP) is 4.45. The first-order valence-corrected chi connectivity index (χ1v) is 11.7. The summed E-state index contributed by atoms with van der Waals surface area (Å²) in [5, 5.41) is 5.09. The number of pyridine rings is 1. The van der Waals surface area contributed by atoms with Gasteiger partial charge in [0.05, 0.1) is 30.9 Å². The molecule has 0 saturated carbocycles. The molecule has 0 aliphatic rings. The van der Waals surface area contributed by atoms with Crippen molar-refractivity contribution < 1.29 is 14.0 Å². The molecule has 176 valence electrons. The standard InChI is InChI=1S/C25H21N5O4S/c1-15-8-11-21(26-13-15)30-24(31)17-6-4-5-7-18(17)27-25(30)35-14-22-28-23(29-34-22)16-9-10-19(32-2)20(12-16)33-3/h4-13H,14H2,1-3H3. The van der Waals surface area contributed by atoms with E-state index in [9.17, 15) is 4.79 Å². The molecule has 35 heavy (non-hydrogen) atoms. The lowest BCUT2D eigenvalue weighted by molar-refractivity contribution is 0.355. The molecule has 0 fully saturated rings. The third-order valence-corrected chi connectivity index (χ3v) is 6.23. The van der Waals surface area contributed by atoms with Crippen LogP contribution in [0.1, 0.15) is 11.5 Å². The number of aromatic nitrogens is 5. The number of fused-ring (bicyclic) bond motifs is 1. The molecule has 0 spiro atoms. The summed E-state index contributed by atoms with van der Waals surface area (Å²) < 4.78 is 17.6. The van der Waals surface area contributed by atoms with E-state index in [0.29, 0.717) is 50.8 Å². The number of benzene rings is 2. The van der Waals surface area contributed by atoms with Crippen LogP contribution in [0.15, 0.2) is 75.3 Å². The van der Waals surface area contributed by atoms with E-state index in [1.54, 1.807) is 44.7 Å². The van der Waals surface area contributed by atoms with Crippen LogP contribution in [0.4, 0.5) is 0 Å². The Morgan fingerprint density at radius 1 is 1.00 bits per heavy atom. The van der Waals surface area contributed by atoms with Gasteiger partial charge in [0.15, 0.2) is 16.7 Å². The van der Waals surface area contributed by atoms with Crippen molar-refractivity contribution >= 4 is 22.7 Å². The Morgan fingerprint density at radius 2 is 1.83 bits per heavy atom. The lowest BCUT2D eigenvalue weighted by Crippen LogP contribution is -2.22. The zero-order chi connectivity index (χ0) is 24.4. The molecule has 0 atom stereocenters. The fraction of sp³-hybridized carbons (Fsp3) is 0.160. The van der Waals surface area contributed by atoms with Crippen molar-refractivity contribution in [2.75, 3.05) is 14.2 Å². The van der Waals surface area contributed by atoms with Crippen molar-refractivity contribution in [1.29, 1.82) is 0 Å². The summed E-state index contributed by atoms with van der Waals surface area (Å²) in [6.45, 7) is 1.94. The van der Waals surface area contributed by atoms with Gasteiger partial charge in [-0.25, -0.2) is 14.5 Å². The lowest BCUT2D eigenvalue weighted by atomic mass is 10.2. The number of rotatable bonds is 7. The molecule has 2 aromatic carbocycles. The first-order valence-electron chi connectivity index (χ1n) is 10.7. The highest BCUT2D eigenvalue weighted by Gasteiger charge is 2.17. The second-order valence-corrected chi connectivity index (χ2v) is 8.56. The van der Waals surface area contributed by atoms with Gasteiger partial charge in [0.1, 0.15) is 5.82 Å². The Labute approximate surface area is 204 Å². The van der Waals surface area contributed by atoms with Gasteiger partial charge in [-0.05, 0) is 48.9 Å². The van der Waals surface area contributed by atoms with Crippen molar-refractivity contribution in [2.45, 2.75) is 17.8 Å². The van der Waals surface area contributed by atoms with Crippen LogP contribution in [0.3, 0.4) is 0 Å². The molecule has 0 bridgehead atoms. The second-order valence-electron chi connectivity index (χ2n) is 7.62. The third kappa shape index (κ3) is 4.47. The summed E-state index contributed by atoms with van der Waals surface area (Å²) in [5.74, 6) is 2.81.